The number of aliphatic hydroxyl groups is 1. The van der Waals surface area contributed by atoms with Crippen LogP contribution in [0.25, 0.3) is 0 Å². The van der Waals surface area contributed by atoms with Crippen LogP contribution in [0.1, 0.15) is 26.2 Å². The molecule has 0 aliphatic carbocycles. The van der Waals surface area contributed by atoms with Gasteiger partial charge in [-0.15, -0.1) is 0 Å². The maximum atomic E-state index is 14.4. The van der Waals surface area contributed by atoms with Gasteiger partial charge in [-0.1, -0.05) is 6.58 Å². The predicted octanol–water partition coefficient (Wildman–Crippen LogP) is 0.390. The van der Waals surface area contributed by atoms with Crippen LogP contribution in [0.2, 0.25) is 0 Å². The van der Waals surface area contributed by atoms with E-state index in [2.05, 4.69) is 11.9 Å². The van der Waals surface area contributed by atoms with Crippen molar-refractivity contribution in [1.82, 2.24) is 10.2 Å². The molecule has 2 amide bonds. The van der Waals surface area contributed by atoms with Gasteiger partial charge in [0.2, 0.25) is 11.8 Å². The number of hydrogen-bond donors (Lipinski definition) is 2. The molecule has 0 aromatic rings. The Morgan fingerprint density at radius 2 is 2.11 bits per heavy atom. The highest BCUT2D eigenvalue weighted by atomic mass is 19.1. The van der Waals surface area contributed by atoms with Crippen molar-refractivity contribution in [3.05, 3.63) is 12.7 Å². The van der Waals surface area contributed by atoms with Crippen LogP contribution < -0.4 is 5.32 Å². The molecule has 6 heteroatoms. The monoisotopic (exact) mass is 272 g/mol. The second-order valence-electron chi connectivity index (χ2n) is 5.01. The number of rotatable bonds is 5. The number of carbonyl (C=O) groups excluding carboxylic acids is 2. The number of nitrogens with one attached hydrogen (secondary N) is 1. The third-order valence-corrected chi connectivity index (χ3v) is 3.23. The van der Waals surface area contributed by atoms with Gasteiger partial charge in [0.25, 0.3) is 0 Å². The van der Waals surface area contributed by atoms with Gasteiger partial charge in [0.1, 0.15) is 5.67 Å². The Kier molecular flexibility index (Phi) is 5.47. The van der Waals surface area contributed by atoms with Crippen molar-refractivity contribution in [3.8, 4) is 0 Å². The summed E-state index contributed by atoms with van der Waals surface area (Å²) >= 11 is 0. The van der Waals surface area contributed by atoms with Crippen LogP contribution in [-0.4, -0.2) is 53.2 Å². The zero-order valence-electron chi connectivity index (χ0n) is 11.2. The molecule has 5 nitrogen and oxygen atoms in total. The molecule has 1 saturated heterocycles. The third kappa shape index (κ3) is 4.98. The molecule has 0 aromatic carbocycles. The van der Waals surface area contributed by atoms with E-state index in [9.17, 15) is 14.0 Å². The fourth-order valence-corrected chi connectivity index (χ4v) is 2.03. The highest BCUT2D eigenvalue weighted by Crippen LogP contribution is 2.26. The van der Waals surface area contributed by atoms with Crippen LogP contribution >= 0.6 is 0 Å². The Morgan fingerprint density at radius 1 is 1.53 bits per heavy atom. The Labute approximate surface area is 112 Å². The van der Waals surface area contributed by atoms with Crippen LogP contribution in [0.4, 0.5) is 4.39 Å². The van der Waals surface area contributed by atoms with Crippen LogP contribution in [-0.2, 0) is 9.59 Å². The summed E-state index contributed by atoms with van der Waals surface area (Å²) in [6.45, 7) is 5.48. The van der Waals surface area contributed by atoms with E-state index in [0.717, 1.165) is 0 Å². The van der Waals surface area contributed by atoms with Crippen molar-refractivity contribution >= 4 is 11.8 Å². The van der Waals surface area contributed by atoms with Crippen LogP contribution in [0, 0.1) is 0 Å². The molecule has 1 fully saturated rings. The van der Waals surface area contributed by atoms with Gasteiger partial charge in [0.05, 0.1) is 19.1 Å². The molecule has 0 unspecified atom stereocenters. The van der Waals surface area contributed by atoms with Gasteiger partial charge in [-0.2, -0.15) is 0 Å². The first-order valence-corrected chi connectivity index (χ1v) is 6.41. The van der Waals surface area contributed by atoms with Gasteiger partial charge in [-0.3, -0.25) is 9.59 Å². The summed E-state index contributed by atoms with van der Waals surface area (Å²) in [6.07, 6.45) is 0.846. The average molecular weight is 272 g/mol. The molecule has 1 aliphatic heterocycles. The minimum atomic E-state index is -1.48. The summed E-state index contributed by atoms with van der Waals surface area (Å²) in [4.78, 5) is 24.2. The first-order chi connectivity index (χ1) is 8.86. The number of carbonyl (C=O) groups is 2. The van der Waals surface area contributed by atoms with E-state index >= 15 is 0 Å². The number of likely N-dealkylation sites (tertiary alicyclic amines) is 1. The predicted molar refractivity (Wildman–Crippen MR) is 69.2 cm³/mol. The second-order valence-corrected chi connectivity index (χ2v) is 5.01. The lowest BCUT2D eigenvalue weighted by Gasteiger charge is -2.36. The first-order valence-electron chi connectivity index (χ1n) is 6.41. The number of nitrogens with zero attached hydrogens (tertiary/aromatic N) is 1. The number of hydrogen-bond acceptors (Lipinski definition) is 3. The van der Waals surface area contributed by atoms with E-state index in [1.54, 1.807) is 4.90 Å². The summed E-state index contributed by atoms with van der Waals surface area (Å²) in [6, 6.07) is 0. The molecule has 1 rings (SSSR count). The van der Waals surface area contributed by atoms with Crippen LogP contribution in [0.15, 0.2) is 12.7 Å². The van der Waals surface area contributed by atoms with Crippen molar-refractivity contribution in [2.75, 3.05) is 19.6 Å². The van der Waals surface area contributed by atoms with Crippen molar-refractivity contribution in [3.63, 3.8) is 0 Å². The highest BCUT2D eigenvalue weighted by molar-refractivity contribution is 5.87. The van der Waals surface area contributed by atoms with Crippen molar-refractivity contribution in [1.29, 1.82) is 0 Å². The smallest absolute Gasteiger partial charge is 0.245 e. The van der Waals surface area contributed by atoms with Crippen molar-refractivity contribution < 1.29 is 19.1 Å². The van der Waals surface area contributed by atoms with E-state index in [1.807, 2.05) is 0 Å². The Hall–Kier alpha value is -1.43. The maximum Gasteiger partial charge on any atom is 0.245 e. The second kappa shape index (κ2) is 6.65. The number of aliphatic hydroxyl groups excluding tert-OH is 1. The Balaban J connectivity index is 2.37. The Bertz CT molecular complexity index is 350. The molecular weight excluding hydrogens is 251 g/mol. The minimum absolute atomic E-state index is 0.0306. The fraction of sp³-hybridized carbons (Fsp3) is 0.692. The van der Waals surface area contributed by atoms with Gasteiger partial charge < -0.3 is 15.3 Å². The van der Waals surface area contributed by atoms with E-state index in [0.29, 0.717) is 13.1 Å². The zero-order chi connectivity index (χ0) is 14.5. The summed E-state index contributed by atoms with van der Waals surface area (Å²) in [5.74, 6) is -0.559. The lowest BCUT2D eigenvalue weighted by atomic mass is 9.93. The summed E-state index contributed by atoms with van der Waals surface area (Å²) in [5.41, 5.74) is -1.48. The summed E-state index contributed by atoms with van der Waals surface area (Å²) in [7, 11) is 0. The topological polar surface area (TPSA) is 69.6 Å². The van der Waals surface area contributed by atoms with Gasteiger partial charge in [-0.05, 0) is 13.0 Å². The molecule has 0 spiro atoms. The van der Waals surface area contributed by atoms with Gasteiger partial charge in [-0.25, -0.2) is 4.39 Å². The fourth-order valence-electron chi connectivity index (χ4n) is 2.03. The summed E-state index contributed by atoms with van der Waals surface area (Å²) < 4.78 is 14.4. The van der Waals surface area contributed by atoms with E-state index in [-0.39, 0.29) is 37.6 Å². The lowest BCUT2D eigenvalue weighted by molar-refractivity contribution is -0.129. The SMILES string of the molecule is C=CC(=O)N1CCC(F)(CNC(=O)C[C@H](C)O)CC1. The quantitative estimate of drug-likeness (QED) is 0.711. The molecule has 108 valence electrons. The molecule has 0 bridgehead atoms. The number of alkyl halides is 1. The number of piperidine rings is 1. The minimum Gasteiger partial charge on any atom is -0.393 e. The average Bonchev–Trinajstić information content (AvgIpc) is 2.36. The van der Waals surface area contributed by atoms with Gasteiger partial charge in [0, 0.05) is 25.9 Å². The Morgan fingerprint density at radius 3 is 2.58 bits per heavy atom. The molecule has 1 heterocycles. The zero-order valence-corrected chi connectivity index (χ0v) is 11.2. The van der Waals surface area contributed by atoms with E-state index < -0.39 is 11.8 Å². The van der Waals surface area contributed by atoms with Gasteiger partial charge >= 0.3 is 0 Å². The van der Waals surface area contributed by atoms with Crippen LogP contribution in [0.5, 0.6) is 0 Å². The van der Waals surface area contributed by atoms with E-state index in [4.69, 9.17) is 5.11 Å². The molecule has 2 N–H and O–H groups in total. The van der Waals surface area contributed by atoms with E-state index in [1.165, 1.54) is 13.0 Å². The highest BCUT2D eigenvalue weighted by Gasteiger charge is 2.35. The summed E-state index contributed by atoms with van der Waals surface area (Å²) in [5, 5.41) is 11.5. The third-order valence-electron chi connectivity index (χ3n) is 3.23. The lowest BCUT2D eigenvalue weighted by Crippen LogP contribution is -2.49. The number of halogens is 1. The molecular formula is C13H21FN2O3. The standard InChI is InChI=1S/C13H21FN2O3/c1-3-12(19)16-6-4-13(14,5-7-16)9-15-11(18)8-10(2)17/h3,10,17H,1,4-9H2,2H3,(H,15,18)/t10-/m0/s1. The largest absolute Gasteiger partial charge is 0.393 e. The molecule has 1 aliphatic rings. The maximum absolute atomic E-state index is 14.4. The molecule has 1 atom stereocenters. The van der Waals surface area contributed by atoms with Crippen molar-refractivity contribution in [2.45, 2.75) is 38.0 Å². The van der Waals surface area contributed by atoms with Gasteiger partial charge in [0.15, 0.2) is 0 Å². The molecule has 19 heavy (non-hydrogen) atoms. The normalized spacial score (nSPS) is 19.6. The molecule has 0 radical (unpaired) electrons. The molecule has 0 saturated carbocycles. The first kappa shape index (κ1) is 15.6. The van der Waals surface area contributed by atoms with Crippen LogP contribution in [0.3, 0.4) is 0 Å². The molecule has 0 aromatic heterocycles. The van der Waals surface area contributed by atoms with Crippen molar-refractivity contribution in [2.24, 2.45) is 0 Å². The number of amides is 2.